The number of rotatable bonds is 3. The summed E-state index contributed by atoms with van der Waals surface area (Å²) < 4.78 is 0.697. The molecular weight excluding hydrogens is 296 g/mol. The quantitative estimate of drug-likeness (QED) is 0.699. The van der Waals surface area contributed by atoms with Crippen LogP contribution in [-0.4, -0.2) is 22.3 Å². The lowest BCUT2D eigenvalue weighted by atomic mass is 10.2. The van der Waals surface area contributed by atoms with Crippen molar-refractivity contribution in [3.8, 4) is 0 Å². The van der Waals surface area contributed by atoms with Gasteiger partial charge in [0, 0.05) is 18.0 Å². The number of aromatic carboxylic acids is 1. The average molecular weight is 305 g/mol. The lowest BCUT2D eigenvalue weighted by molar-refractivity contribution is 0.0697. The van der Waals surface area contributed by atoms with Crippen LogP contribution in [0.5, 0.6) is 0 Å². The minimum absolute atomic E-state index is 0.218. The van der Waals surface area contributed by atoms with Gasteiger partial charge >= 0.3 is 5.97 Å². The SMILES string of the molecule is O=C(O)c1cccc(/N=C\c2cccnc2Br)c1. The maximum absolute atomic E-state index is 10.8. The highest BCUT2D eigenvalue weighted by atomic mass is 79.9. The van der Waals surface area contributed by atoms with Crippen molar-refractivity contribution in [2.45, 2.75) is 0 Å². The van der Waals surface area contributed by atoms with E-state index in [4.69, 9.17) is 5.11 Å². The van der Waals surface area contributed by atoms with E-state index in [1.165, 1.54) is 12.1 Å². The van der Waals surface area contributed by atoms with Crippen LogP contribution >= 0.6 is 15.9 Å². The Morgan fingerprint density at radius 2 is 2.17 bits per heavy atom. The Morgan fingerprint density at radius 3 is 2.89 bits per heavy atom. The van der Waals surface area contributed by atoms with Crippen molar-refractivity contribution in [1.29, 1.82) is 0 Å². The van der Waals surface area contributed by atoms with E-state index >= 15 is 0 Å². The van der Waals surface area contributed by atoms with E-state index in [1.807, 2.05) is 6.07 Å². The second-order valence-electron chi connectivity index (χ2n) is 3.50. The Bertz CT molecular complexity index is 611. The van der Waals surface area contributed by atoms with Crippen molar-refractivity contribution >= 4 is 33.8 Å². The molecule has 0 radical (unpaired) electrons. The van der Waals surface area contributed by atoms with Crippen LogP contribution in [0.15, 0.2) is 52.2 Å². The zero-order valence-electron chi connectivity index (χ0n) is 9.25. The standard InChI is InChI=1S/C13H9BrN2O2/c14-12-10(4-2-6-15-12)8-16-11-5-1-3-9(7-11)13(17)18/h1-8H,(H,17,18)/b16-8-. The fourth-order valence-corrected chi connectivity index (χ4v) is 1.71. The van der Waals surface area contributed by atoms with Crippen molar-refractivity contribution < 1.29 is 9.90 Å². The third-order valence-corrected chi connectivity index (χ3v) is 2.90. The summed E-state index contributed by atoms with van der Waals surface area (Å²) in [7, 11) is 0. The molecule has 0 amide bonds. The lowest BCUT2D eigenvalue weighted by Gasteiger charge is -1.98. The number of carbonyl (C=O) groups is 1. The molecule has 0 saturated carbocycles. The Hall–Kier alpha value is -2.01. The number of carboxylic acids is 1. The van der Waals surface area contributed by atoms with E-state index < -0.39 is 5.97 Å². The zero-order chi connectivity index (χ0) is 13.0. The van der Waals surface area contributed by atoms with Crippen LogP contribution in [0.25, 0.3) is 0 Å². The first-order valence-electron chi connectivity index (χ1n) is 5.15. The van der Waals surface area contributed by atoms with Crippen LogP contribution in [0, 0.1) is 0 Å². The van der Waals surface area contributed by atoms with E-state index in [0.29, 0.717) is 10.3 Å². The summed E-state index contributed by atoms with van der Waals surface area (Å²) in [5, 5.41) is 8.87. The van der Waals surface area contributed by atoms with Crippen LogP contribution in [0.3, 0.4) is 0 Å². The molecule has 1 aromatic carbocycles. The molecule has 0 aliphatic carbocycles. The normalized spacial score (nSPS) is 10.7. The zero-order valence-corrected chi connectivity index (χ0v) is 10.8. The number of hydrogen-bond acceptors (Lipinski definition) is 3. The number of aliphatic imine (C=N–C) groups is 1. The Morgan fingerprint density at radius 1 is 1.33 bits per heavy atom. The van der Waals surface area contributed by atoms with Gasteiger partial charge in [0.25, 0.3) is 0 Å². The second-order valence-corrected chi connectivity index (χ2v) is 4.25. The number of benzene rings is 1. The highest BCUT2D eigenvalue weighted by molar-refractivity contribution is 9.10. The molecule has 4 nitrogen and oxygen atoms in total. The molecule has 0 saturated heterocycles. The van der Waals surface area contributed by atoms with Gasteiger partial charge in [0.1, 0.15) is 4.60 Å². The van der Waals surface area contributed by atoms with Gasteiger partial charge in [0.15, 0.2) is 0 Å². The minimum atomic E-state index is -0.963. The molecule has 90 valence electrons. The highest BCUT2D eigenvalue weighted by Crippen LogP contribution is 2.16. The lowest BCUT2D eigenvalue weighted by Crippen LogP contribution is -1.94. The number of halogens is 1. The van der Waals surface area contributed by atoms with Gasteiger partial charge in [-0.15, -0.1) is 0 Å². The fourth-order valence-electron chi connectivity index (χ4n) is 1.36. The van der Waals surface area contributed by atoms with Crippen LogP contribution in [0.1, 0.15) is 15.9 Å². The Labute approximate surface area is 112 Å². The number of hydrogen-bond donors (Lipinski definition) is 1. The minimum Gasteiger partial charge on any atom is -0.478 e. The van der Waals surface area contributed by atoms with Gasteiger partial charge in [-0.05, 0) is 46.3 Å². The van der Waals surface area contributed by atoms with Gasteiger partial charge in [-0.25, -0.2) is 9.78 Å². The van der Waals surface area contributed by atoms with Crippen LogP contribution in [0.4, 0.5) is 5.69 Å². The van der Waals surface area contributed by atoms with Crippen LogP contribution < -0.4 is 0 Å². The number of pyridine rings is 1. The Balaban J connectivity index is 2.27. The predicted octanol–water partition coefficient (Wildman–Crippen LogP) is 3.29. The van der Waals surface area contributed by atoms with Crippen molar-refractivity contribution in [3.05, 3.63) is 58.3 Å². The molecule has 0 spiro atoms. The van der Waals surface area contributed by atoms with E-state index in [-0.39, 0.29) is 5.56 Å². The largest absolute Gasteiger partial charge is 0.478 e. The van der Waals surface area contributed by atoms with E-state index in [9.17, 15) is 4.79 Å². The summed E-state index contributed by atoms with van der Waals surface area (Å²) in [5.41, 5.74) is 1.64. The van der Waals surface area contributed by atoms with Crippen molar-refractivity contribution in [3.63, 3.8) is 0 Å². The maximum atomic E-state index is 10.8. The van der Waals surface area contributed by atoms with E-state index in [1.54, 1.807) is 30.6 Å². The highest BCUT2D eigenvalue weighted by Gasteiger charge is 2.02. The first-order valence-corrected chi connectivity index (χ1v) is 5.94. The fraction of sp³-hybridized carbons (Fsp3) is 0. The van der Waals surface area contributed by atoms with E-state index in [2.05, 4.69) is 25.9 Å². The number of carboxylic acid groups (broad SMARTS) is 1. The molecule has 5 heteroatoms. The molecule has 2 aromatic rings. The van der Waals surface area contributed by atoms with Gasteiger partial charge in [-0.3, -0.25) is 4.99 Å². The molecule has 0 fully saturated rings. The van der Waals surface area contributed by atoms with Gasteiger partial charge in [-0.2, -0.15) is 0 Å². The summed E-state index contributed by atoms with van der Waals surface area (Å²) in [6.45, 7) is 0. The summed E-state index contributed by atoms with van der Waals surface area (Å²) in [5.74, 6) is -0.963. The van der Waals surface area contributed by atoms with E-state index in [0.717, 1.165) is 5.56 Å². The number of nitrogens with zero attached hydrogens (tertiary/aromatic N) is 2. The Kier molecular flexibility index (Phi) is 3.84. The van der Waals surface area contributed by atoms with Gasteiger partial charge in [0.2, 0.25) is 0 Å². The number of aromatic nitrogens is 1. The second kappa shape index (κ2) is 5.55. The third kappa shape index (κ3) is 3.01. The summed E-state index contributed by atoms with van der Waals surface area (Å²) in [6, 6.07) is 10.1. The summed E-state index contributed by atoms with van der Waals surface area (Å²) in [4.78, 5) is 19.1. The summed E-state index contributed by atoms with van der Waals surface area (Å²) >= 11 is 3.31. The van der Waals surface area contributed by atoms with Crippen molar-refractivity contribution in [2.75, 3.05) is 0 Å². The van der Waals surface area contributed by atoms with Crippen molar-refractivity contribution in [2.24, 2.45) is 4.99 Å². The molecule has 18 heavy (non-hydrogen) atoms. The molecule has 1 aromatic heterocycles. The van der Waals surface area contributed by atoms with Gasteiger partial charge in [-0.1, -0.05) is 6.07 Å². The maximum Gasteiger partial charge on any atom is 0.335 e. The molecule has 1 N–H and O–H groups in total. The predicted molar refractivity (Wildman–Crippen MR) is 72.6 cm³/mol. The van der Waals surface area contributed by atoms with Crippen molar-refractivity contribution in [1.82, 2.24) is 4.98 Å². The molecular formula is C13H9BrN2O2. The van der Waals surface area contributed by atoms with Gasteiger partial charge in [0.05, 0.1) is 11.3 Å². The molecule has 2 rings (SSSR count). The average Bonchev–Trinajstić information content (AvgIpc) is 2.38. The smallest absolute Gasteiger partial charge is 0.335 e. The summed E-state index contributed by atoms with van der Waals surface area (Å²) in [6.07, 6.45) is 3.31. The van der Waals surface area contributed by atoms with Crippen LogP contribution in [-0.2, 0) is 0 Å². The molecule has 0 aliphatic rings. The molecule has 0 aliphatic heterocycles. The first kappa shape index (κ1) is 12.4. The third-order valence-electron chi connectivity index (χ3n) is 2.23. The molecule has 0 bridgehead atoms. The molecule has 0 unspecified atom stereocenters. The monoisotopic (exact) mass is 304 g/mol. The molecule has 1 heterocycles. The first-order chi connectivity index (χ1) is 8.66. The molecule has 0 atom stereocenters. The van der Waals surface area contributed by atoms with Gasteiger partial charge < -0.3 is 5.11 Å². The van der Waals surface area contributed by atoms with Crippen LogP contribution in [0.2, 0.25) is 0 Å². The topological polar surface area (TPSA) is 62.5 Å².